The number of esters is 1. The van der Waals surface area contributed by atoms with Crippen molar-refractivity contribution in [3.63, 3.8) is 0 Å². The molecule has 0 fully saturated rings. The van der Waals surface area contributed by atoms with Gasteiger partial charge in [0.15, 0.2) is 0 Å². The molecule has 0 saturated heterocycles. The second-order valence-electron chi connectivity index (χ2n) is 10.4. The maximum absolute atomic E-state index is 12.1. The third kappa shape index (κ3) is 4.76. The fraction of sp³-hybridized carbons (Fsp3) is 0.179. The molecule has 0 amide bonds. The summed E-state index contributed by atoms with van der Waals surface area (Å²) in [4.78, 5) is 16.8. The van der Waals surface area contributed by atoms with E-state index in [1.54, 1.807) is 43.6 Å². The Morgan fingerprint density at radius 2 is 1.47 bits per heavy atom. The highest BCUT2D eigenvalue weighted by molar-refractivity contribution is 6.69. The van der Waals surface area contributed by atoms with Gasteiger partial charge in [0.05, 0.1) is 52.9 Å². The van der Waals surface area contributed by atoms with E-state index in [9.17, 15) is 4.79 Å². The molecular formula is C28H16B9N3O3. The molecule has 15 heteroatoms. The minimum atomic E-state index is -2.22. The van der Waals surface area contributed by atoms with Crippen molar-refractivity contribution in [1.29, 1.82) is 0 Å². The van der Waals surface area contributed by atoms with Gasteiger partial charge in [0.25, 0.3) is 0 Å². The van der Waals surface area contributed by atoms with Crippen LogP contribution in [0.4, 0.5) is 0 Å². The molecule has 0 aliphatic rings. The smallest absolute Gasteiger partial charge is 0.337 e. The zero-order valence-corrected chi connectivity index (χ0v) is 23.8. The lowest BCUT2D eigenvalue weighted by Gasteiger charge is -2.49. The lowest BCUT2D eigenvalue weighted by atomic mass is 9.28. The fourth-order valence-corrected chi connectivity index (χ4v) is 5.35. The molecule has 0 aliphatic heterocycles. The molecule has 43 heavy (non-hydrogen) atoms. The summed E-state index contributed by atoms with van der Waals surface area (Å²) in [5.74, 6) is 0.0913. The van der Waals surface area contributed by atoms with Gasteiger partial charge in [0, 0.05) is 34.5 Å². The molecule has 18 radical (unpaired) electrons. The number of carbonyl (C=O) groups is 1. The van der Waals surface area contributed by atoms with Gasteiger partial charge in [0.1, 0.15) is 52.8 Å². The van der Waals surface area contributed by atoms with E-state index >= 15 is 0 Å². The van der Waals surface area contributed by atoms with Gasteiger partial charge in [-0.25, -0.2) is 4.79 Å². The number of ether oxygens (including phenoxy) is 1. The Morgan fingerprint density at radius 1 is 0.884 bits per heavy atom. The Labute approximate surface area is 262 Å². The molecule has 0 saturated carbocycles. The van der Waals surface area contributed by atoms with Crippen molar-refractivity contribution in [3.8, 4) is 22.3 Å². The molecule has 1 unspecified atom stereocenters. The van der Waals surface area contributed by atoms with Crippen LogP contribution < -0.4 is 27.3 Å². The molecule has 0 spiro atoms. The van der Waals surface area contributed by atoms with Crippen molar-refractivity contribution in [2.45, 2.75) is 24.4 Å². The maximum Gasteiger partial charge on any atom is 0.337 e. The number of hydrogen-bond donors (Lipinski definition) is 0. The minimum Gasteiger partial charge on any atom is -0.465 e. The summed E-state index contributed by atoms with van der Waals surface area (Å²) in [5, 5.41) is 1.84. The highest BCUT2D eigenvalue weighted by Gasteiger charge is 2.42. The van der Waals surface area contributed by atoms with Gasteiger partial charge in [-0.2, -0.15) is 0 Å². The molecule has 2 aromatic carbocycles. The van der Waals surface area contributed by atoms with Crippen LogP contribution in [0.25, 0.3) is 33.3 Å². The zero-order chi connectivity index (χ0) is 31.6. The van der Waals surface area contributed by atoms with Crippen molar-refractivity contribution in [2.75, 3.05) is 7.11 Å². The van der Waals surface area contributed by atoms with Crippen LogP contribution in [0.15, 0.2) is 47.2 Å². The number of methoxy groups -OCH3 is 1. The van der Waals surface area contributed by atoms with Crippen LogP contribution in [0.1, 0.15) is 27.4 Å². The average molecular weight is 540 g/mol. The van der Waals surface area contributed by atoms with Gasteiger partial charge < -0.3 is 13.8 Å². The van der Waals surface area contributed by atoms with E-state index < -0.39 is 16.5 Å². The van der Waals surface area contributed by atoms with Gasteiger partial charge in [0.2, 0.25) is 0 Å². The standard InChI is InChI=1S/C28H16B9N3O3/c1-11-18(12(2)43-39-11)15-8-17-25(38-9-15)16(13-4-6-14(7-5-13)26(41)42-3)10-40(17)27(34,28(35,36)37)19-20(29)22(31)24(33)23(32)21(19)30/h4-10H,1-3H3. The van der Waals surface area contributed by atoms with E-state index in [4.69, 9.17) is 84.9 Å². The summed E-state index contributed by atoms with van der Waals surface area (Å²) in [6.07, 6.45) is 3.33. The first-order chi connectivity index (χ1) is 20.1. The highest BCUT2D eigenvalue weighted by Crippen LogP contribution is 2.43. The monoisotopic (exact) mass is 541 g/mol. The maximum atomic E-state index is 12.1. The zero-order valence-electron chi connectivity index (χ0n) is 23.8. The predicted octanol–water partition coefficient (Wildman–Crippen LogP) is -1.82. The SMILES string of the molecule is [B]c1c([B])c([B])c(C([B])(n2cc(-c3ccc(C(=O)OC)cc3)c3ncc(-c4c(C)noc4C)cc32)C([B])([B])[B])c([B])c1[B]. The molecular weight excluding hydrogens is 524 g/mol. The van der Waals surface area contributed by atoms with Crippen LogP contribution >= 0.6 is 0 Å². The van der Waals surface area contributed by atoms with Crippen molar-refractivity contribution in [1.82, 2.24) is 14.7 Å². The first-order valence-corrected chi connectivity index (χ1v) is 12.9. The average Bonchev–Trinajstić information content (AvgIpc) is 3.52. The Kier molecular flexibility index (Phi) is 7.77. The molecule has 188 valence electrons. The van der Waals surface area contributed by atoms with E-state index in [1.165, 1.54) is 11.7 Å². The van der Waals surface area contributed by atoms with E-state index in [0.29, 0.717) is 44.7 Å². The topological polar surface area (TPSA) is 70.2 Å². The third-order valence-electron chi connectivity index (χ3n) is 7.70. The van der Waals surface area contributed by atoms with Crippen LogP contribution in [0.2, 0.25) is 5.11 Å². The second-order valence-corrected chi connectivity index (χ2v) is 10.4. The van der Waals surface area contributed by atoms with Crippen molar-refractivity contribution in [2.24, 2.45) is 0 Å². The summed E-state index contributed by atoms with van der Waals surface area (Å²) in [7, 11) is 59.1. The van der Waals surface area contributed by atoms with Gasteiger partial charge in [-0.05, 0) is 43.2 Å². The van der Waals surface area contributed by atoms with Crippen LogP contribution in [0.3, 0.4) is 0 Å². The molecule has 3 heterocycles. The third-order valence-corrected chi connectivity index (χ3v) is 7.70. The van der Waals surface area contributed by atoms with Crippen molar-refractivity contribution in [3.05, 3.63) is 65.3 Å². The lowest BCUT2D eigenvalue weighted by Crippen LogP contribution is -2.63. The number of pyridine rings is 1. The largest absolute Gasteiger partial charge is 0.465 e. The van der Waals surface area contributed by atoms with E-state index in [2.05, 4.69) is 5.16 Å². The summed E-state index contributed by atoms with van der Waals surface area (Å²) in [5.41, 5.74) is 2.10. The quantitative estimate of drug-likeness (QED) is 0.188. The Morgan fingerprint density at radius 3 is 1.98 bits per heavy atom. The molecule has 6 nitrogen and oxygen atoms in total. The van der Waals surface area contributed by atoms with Crippen molar-refractivity contribution >= 4 is 115 Å². The molecule has 0 bridgehead atoms. The first-order valence-electron chi connectivity index (χ1n) is 12.9. The predicted molar refractivity (Wildman–Crippen MR) is 178 cm³/mol. The summed E-state index contributed by atoms with van der Waals surface area (Å²) in [6, 6.07) is 8.51. The first kappa shape index (κ1) is 30.8. The number of hydrogen-bond acceptors (Lipinski definition) is 5. The number of fused-ring (bicyclic) bond motifs is 1. The number of nitrogens with zero attached hydrogens (tertiary/aromatic N) is 3. The molecule has 5 aromatic rings. The molecule has 0 aliphatic carbocycles. The van der Waals surface area contributed by atoms with E-state index in [-0.39, 0.29) is 32.9 Å². The number of rotatable bonds is 6. The lowest BCUT2D eigenvalue weighted by molar-refractivity contribution is 0.0600. The van der Waals surface area contributed by atoms with Crippen LogP contribution in [0, 0.1) is 13.8 Å². The van der Waals surface area contributed by atoms with Crippen LogP contribution in [-0.4, -0.2) is 98.4 Å². The normalized spacial score (nSPS) is 13.2. The van der Waals surface area contributed by atoms with Gasteiger partial charge in [-0.15, -0.1) is 32.4 Å². The number of aryl methyl sites for hydroxylation is 2. The van der Waals surface area contributed by atoms with Crippen molar-refractivity contribution < 1.29 is 14.1 Å². The summed E-state index contributed by atoms with van der Waals surface area (Å²) >= 11 is 0. The summed E-state index contributed by atoms with van der Waals surface area (Å²) < 4.78 is 11.7. The fourth-order valence-electron chi connectivity index (χ4n) is 5.35. The Bertz CT molecular complexity index is 1860. The van der Waals surface area contributed by atoms with Gasteiger partial charge >= 0.3 is 5.97 Å². The molecule has 1 atom stereocenters. The van der Waals surface area contributed by atoms with Crippen LogP contribution in [-0.2, 0) is 10.2 Å². The molecule has 5 rings (SSSR count). The van der Waals surface area contributed by atoms with Gasteiger partial charge in [-0.1, -0.05) is 17.3 Å². The van der Waals surface area contributed by atoms with E-state index in [1.807, 2.05) is 13.0 Å². The number of benzene rings is 2. The highest BCUT2D eigenvalue weighted by atomic mass is 16.5. The van der Waals surface area contributed by atoms with Gasteiger partial charge in [-0.3, -0.25) is 4.98 Å². The number of carbonyl (C=O) groups excluding carboxylic acids is 1. The summed E-state index contributed by atoms with van der Waals surface area (Å²) in [6.45, 7) is 3.59. The Balaban J connectivity index is 1.90. The molecule has 0 N–H and O–H groups in total. The Hall–Kier alpha value is -3.61. The second kappa shape index (κ2) is 10.8. The number of aromatic nitrogens is 3. The molecule has 3 aromatic heterocycles. The minimum absolute atomic E-state index is 0.0242. The van der Waals surface area contributed by atoms with E-state index in [0.717, 1.165) is 5.56 Å². The van der Waals surface area contributed by atoms with Crippen LogP contribution in [0.5, 0.6) is 0 Å².